The molecule has 1 aliphatic heterocycles. The van der Waals surface area contributed by atoms with E-state index in [0.717, 1.165) is 5.56 Å². The maximum Gasteiger partial charge on any atom is 0.248 e. The predicted octanol–water partition coefficient (Wildman–Crippen LogP) is 1.53. The number of carbonyl (C=O) groups excluding carboxylic acids is 1. The number of carbonyl (C=O) groups is 1. The lowest BCUT2D eigenvalue weighted by molar-refractivity contribution is -0.121. The molecule has 0 radical (unpaired) electrons. The number of rotatable bonds is 9. The molecule has 1 amide bonds. The van der Waals surface area contributed by atoms with Crippen LogP contribution in [0.4, 0.5) is 5.69 Å². The number of aliphatic hydroxyl groups is 1. The molecule has 0 bridgehead atoms. The summed E-state index contributed by atoms with van der Waals surface area (Å²) in [5.74, 6) is 0.676. The summed E-state index contributed by atoms with van der Waals surface area (Å²) in [5.41, 5.74) is 1.52. The first-order valence-electron chi connectivity index (χ1n) is 10.9. The molecule has 1 aliphatic rings. The van der Waals surface area contributed by atoms with Crippen molar-refractivity contribution in [3.05, 3.63) is 64.9 Å². The third-order valence-corrected chi connectivity index (χ3v) is 7.75. The van der Waals surface area contributed by atoms with Crippen LogP contribution in [-0.4, -0.2) is 55.4 Å². The number of nitrogens with one attached hydrogen (secondary N) is 2. The van der Waals surface area contributed by atoms with Gasteiger partial charge in [-0.05, 0) is 31.0 Å². The van der Waals surface area contributed by atoms with Crippen LogP contribution in [0.25, 0.3) is 0 Å². The van der Waals surface area contributed by atoms with E-state index in [0.29, 0.717) is 17.2 Å². The summed E-state index contributed by atoms with van der Waals surface area (Å²) in [6, 6.07) is 13.2. The summed E-state index contributed by atoms with van der Waals surface area (Å²) in [6.07, 6.45) is -1.62. The normalized spacial score (nSPS) is 14.5. The molecule has 2 atom stereocenters. The van der Waals surface area contributed by atoms with Crippen molar-refractivity contribution in [2.24, 2.45) is 7.05 Å². The quantitative estimate of drug-likeness (QED) is 0.351. The predicted molar refractivity (Wildman–Crippen MR) is 132 cm³/mol. The molecule has 13 heteroatoms. The molecule has 0 spiro atoms. The monoisotopic (exact) mass is 535 g/mol. The van der Waals surface area contributed by atoms with Crippen LogP contribution in [0.3, 0.4) is 0 Å². The van der Waals surface area contributed by atoms with E-state index in [4.69, 9.17) is 21.1 Å². The molecular weight excluding hydrogens is 510 g/mol. The lowest BCUT2D eigenvalue weighted by Gasteiger charge is -2.27. The van der Waals surface area contributed by atoms with Crippen molar-refractivity contribution < 1.29 is 27.8 Å². The van der Waals surface area contributed by atoms with E-state index >= 15 is 0 Å². The molecule has 2 aromatic carbocycles. The van der Waals surface area contributed by atoms with Crippen molar-refractivity contribution >= 4 is 33.2 Å². The molecule has 4 rings (SSSR count). The fraction of sp³-hybridized carbons (Fsp3) is 0.304. The number of halogens is 1. The molecule has 1 unspecified atom stereocenters. The van der Waals surface area contributed by atoms with E-state index in [1.54, 1.807) is 25.2 Å². The zero-order chi connectivity index (χ0) is 26.0. The van der Waals surface area contributed by atoms with Crippen LogP contribution in [0, 0.1) is 6.92 Å². The van der Waals surface area contributed by atoms with Crippen LogP contribution in [-0.2, 0) is 28.3 Å². The van der Waals surface area contributed by atoms with Crippen molar-refractivity contribution in [1.29, 1.82) is 0 Å². The highest BCUT2D eigenvalue weighted by Gasteiger charge is 2.31. The number of likely N-dealkylation sites (N-methyl/N-ethyl adjacent to an activating group) is 1. The van der Waals surface area contributed by atoms with Crippen LogP contribution < -0.4 is 24.4 Å². The highest BCUT2D eigenvalue weighted by molar-refractivity contribution is 7.89. The lowest BCUT2D eigenvalue weighted by atomic mass is 10.0. The fourth-order valence-corrected chi connectivity index (χ4v) is 5.61. The minimum atomic E-state index is -4.26. The standard InChI is InChI=1S/C23H26ClN5O6S/c1-14-20(21(24)29(3)26-14)36(32,33)27-23(31)25-17(11-15-7-5-4-6-8-15)22(30)28(2)16-9-10-18-19(12-16)35-13-34-18/h4-10,12,17,23,25,27,31H,11,13H2,1-3H3/t17-,23?/m0/s1. The van der Waals surface area contributed by atoms with Crippen molar-refractivity contribution in [3.63, 3.8) is 0 Å². The van der Waals surface area contributed by atoms with E-state index in [1.807, 2.05) is 30.3 Å². The summed E-state index contributed by atoms with van der Waals surface area (Å²) < 4.78 is 39.9. The van der Waals surface area contributed by atoms with Crippen molar-refractivity contribution in [2.45, 2.75) is 30.6 Å². The Morgan fingerprint density at radius 3 is 2.58 bits per heavy atom. The molecule has 1 aromatic heterocycles. The Balaban J connectivity index is 1.55. The van der Waals surface area contributed by atoms with Gasteiger partial charge in [0.1, 0.15) is 10.0 Å². The molecule has 0 aliphatic carbocycles. The number of hydrogen-bond donors (Lipinski definition) is 3. The van der Waals surface area contributed by atoms with Gasteiger partial charge in [0.15, 0.2) is 17.9 Å². The van der Waals surface area contributed by atoms with Gasteiger partial charge in [-0.2, -0.15) is 9.82 Å². The molecule has 3 N–H and O–H groups in total. The molecule has 192 valence electrons. The maximum absolute atomic E-state index is 13.5. The highest BCUT2D eigenvalue weighted by Crippen LogP contribution is 2.35. The van der Waals surface area contributed by atoms with Gasteiger partial charge in [-0.25, -0.2) is 8.42 Å². The number of hydrogen-bond acceptors (Lipinski definition) is 8. The molecule has 11 nitrogen and oxygen atoms in total. The zero-order valence-corrected chi connectivity index (χ0v) is 21.4. The minimum Gasteiger partial charge on any atom is -0.454 e. The number of anilines is 1. The number of fused-ring (bicyclic) bond motifs is 1. The number of amides is 1. The van der Waals surface area contributed by atoms with Crippen molar-refractivity contribution in [2.75, 3.05) is 18.7 Å². The van der Waals surface area contributed by atoms with Gasteiger partial charge in [0, 0.05) is 25.8 Å². The third kappa shape index (κ3) is 5.47. The van der Waals surface area contributed by atoms with E-state index in [9.17, 15) is 18.3 Å². The topological polar surface area (TPSA) is 135 Å². The van der Waals surface area contributed by atoms with Gasteiger partial charge in [0.2, 0.25) is 22.7 Å². The van der Waals surface area contributed by atoms with Crippen LogP contribution in [0.15, 0.2) is 53.4 Å². The van der Waals surface area contributed by atoms with Gasteiger partial charge in [0.05, 0.1) is 11.7 Å². The third-order valence-electron chi connectivity index (χ3n) is 5.65. The first-order valence-corrected chi connectivity index (χ1v) is 12.8. The summed E-state index contributed by atoms with van der Waals surface area (Å²) in [6.45, 7) is 1.59. The first-order chi connectivity index (χ1) is 17.1. The van der Waals surface area contributed by atoms with E-state index in [2.05, 4.69) is 15.1 Å². The average molecular weight is 536 g/mol. The van der Waals surface area contributed by atoms with Gasteiger partial charge < -0.3 is 19.5 Å². The smallest absolute Gasteiger partial charge is 0.248 e. The summed E-state index contributed by atoms with van der Waals surface area (Å²) >= 11 is 6.09. The molecule has 2 heterocycles. The summed E-state index contributed by atoms with van der Waals surface area (Å²) in [4.78, 5) is 14.6. The molecule has 36 heavy (non-hydrogen) atoms. The SMILES string of the molecule is Cc1nn(C)c(Cl)c1S(=O)(=O)NC(O)N[C@@H](Cc1ccccc1)C(=O)N(C)c1ccc2c(c1)OCO2. The number of benzene rings is 2. The van der Waals surface area contributed by atoms with Crippen molar-refractivity contribution in [1.82, 2.24) is 19.8 Å². The van der Waals surface area contributed by atoms with E-state index in [-0.39, 0.29) is 29.0 Å². The Morgan fingerprint density at radius 2 is 1.92 bits per heavy atom. The van der Waals surface area contributed by atoms with Gasteiger partial charge in [-0.15, -0.1) is 0 Å². The molecule has 3 aromatic rings. The fourth-order valence-electron chi connectivity index (χ4n) is 3.87. The first kappa shape index (κ1) is 25.9. The second kappa shape index (κ2) is 10.4. The number of ether oxygens (including phenoxy) is 2. The van der Waals surface area contributed by atoms with Crippen LogP contribution in [0.1, 0.15) is 11.3 Å². The second-order valence-corrected chi connectivity index (χ2v) is 10.2. The van der Waals surface area contributed by atoms with Gasteiger partial charge in [0.25, 0.3) is 0 Å². The average Bonchev–Trinajstić information content (AvgIpc) is 3.40. The van der Waals surface area contributed by atoms with E-state index < -0.39 is 28.3 Å². The summed E-state index contributed by atoms with van der Waals surface area (Å²) in [7, 11) is -1.17. The highest BCUT2D eigenvalue weighted by atomic mass is 35.5. The molecular formula is C23H26ClN5O6S. The van der Waals surface area contributed by atoms with Gasteiger partial charge in [-0.3, -0.25) is 14.8 Å². The van der Waals surface area contributed by atoms with E-state index in [1.165, 1.54) is 23.6 Å². The van der Waals surface area contributed by atoms with Gasteiger partial charge >= 0.3 is 0 Å². The van der Waals surface area contributed by atoms with Crippen LogP contribution in [0.5, 0.6) is 11.5 Å². The largest absolute Gasteiger partial charge is 0.454 e. The van der Waals surface area contributed by atoms with Crippen LogP contribution >= 0.6 is 11.6 Å². The Kier molecular flexibility index (Phi) is 7.52. The Hall–Kier alpha value is -3.16. The maximum atomic E-state index is 13.5. The van der Waals surface area contributed by atoms with Crippen molar-refractivity contribution in [3.8, 4) is 11.5 Å². The van der Waals surface area contributed by atoms with Crippen LogP contribution in [0.2, 0.25) is 5.15 Å². The molecule has 0 fully saturated rings. The molecule has 0 saturated heterocycles. The number of aliphatic hydroxyl groups excluding tert-OH is 1. The minimum absolute atomic E-state index is 0.0986. The lowest BCUT2D eigenvalue weighted by Crippen LogP contribution is -2.55. The number of aryl methyl sites for hydroxylation is 2. The van der Waals surface area contributed by atoms with Gasteiger partial charge in [-0.1, -0.05) is 41.9 Å². The number of aromatic nitrogens is 2. The zero-order valence-electron chi connectivity index (χ0n) is 19.8. The Morgan fingerprint density at radius 1 is 1.22 bits per heavy atom. The molecule has 0 saturated carbocycles. The number of sulfonamides is 1. The number of nitrogens with zero attached hydrogens (tertiary/aromatic N) is 3. The Bertz CT molecular complexity index is 1360. The Labute approximate surface area is 213 Å². The summed E-state index contributed by atoms with van der Waals surface area (Å²) in [5, 5.41) is 17.2. The second-order valence-electron chi connectivity index (χ2n) is 8.20.